The van der Waals surface area contributed by atoms with Gasteiger partial charge in [-0.2, -0.15) is 0 Å². The number of nitrogens with zero attached hydrogens (tertiary/aromatic N) is 3. The van der Waals surface area contributed by atoms with Crippen molar-refractivity contribution < 1.29 is 13.5 Å². The molecule has 0 radical (unpaired) electrons. The molecule has 1 aromatic heterocycles. The van der Waals surface area contributed by atoms with Gasteiger partial charge in [-0.05, 0) is 31.9 Å². The molecule has 0 saturated heterocycles. The zero-order valence-corrected chi connectivity index (χ0v) is 16.9. The SMILES string of the molecule is CCNC(=NCCc1cccc(F)c1F)N(C)Cc1csc(C(C)OC)n1. The van der Waals surface area contributed by atoms with Crippen molar-refractivity contribution in [1.82, 2.24) is 15.2 Å². The van der Waals surface area contributed by atoms with E-state index in [-0.39, 0.29) is 6.10 Å². The van der Waals surface area contributed by atoms with Crippen molar-refractivity contribution in [1.29, 1.82) is 0 Å². The minimum atomic E-state index is -0.829. The fourth-order valence-corrected chi connectivity index (χ4v) is 3.34. The van der Waals surface area contributed by atoms with Gasteiger partial charge < -0.3 is 15.0 Å². The maximum atomic E-state index is 13.8. The van der Waals surface area contributed by atoms with Crippen LogP contribution < -0.4 is 5.32 Å². The number of hydrogen-bond donors (Lipinski definition) is 1. The molecule has 2 rings (SSSR count). The highest BCUT2D eigenvalue weighted by molar-refractivity contribution is 7.09. The smallest absolute Gasteiger partial charge is 0.194 e. The summed E-state index contributed by atoms with van der Waals surface area (Å²) in [6, 6.07) is 4.21. The van der Waals surface area contributed by atoms with Crippen LogP contribution in [0.4, 0.5) is 8.78 Å². The average Bonchev–Trinajstić information content (AvgIpc) is 3.12. The fraction of sp³-hybridized carbons (Fsp3) is 0.474. The minimum Gasteiger partial charge on any atom is -0.375 e. The molecule has 0 amide bonds. The molecule has 1 N–H and O–H groups in total. The summed E-state index contributed by atoms with van der Waals surface area (Å²) >= 11 is 1.57. The Morgan fingerprint density at radius 3 is 2.89 bits per heavy atom. The summed E-state index contributed by atoms with van der Waals surface area (Å²) in [6.07, 6.45) is 0.301. The topological polar surface area (TPSA) is 49.8 Å². The molecule has 1 unspecified atom stereocenters. The first-order valence-electron chi connectivity index (χ1n) is 8.85. The predicted octanol–water partition coefficient (Wildman–Crippen LogP) is 3.77. The minimum absolute atomic E-state index is 0.0304. The number of guanidine groups is 1. The van der Waals surface area contributed by atoms with E-state index in [1.54, 1.807) is 24.5 Å². The zero-order valence-electron chi connectivity index (χ0n) is 16.1. The third-order valence-corrected chi connectivity index (χ3v) is 5.10. The normalized spacial score (nSPS) is 12.9. The second-order valence-electron chi connectivity index (χ2n) is 6.11. The quantitative estimate of drug-likeness (QED) is 0.545. The zero-order chi connectivity index (χ0) is 19.8. The van der Waals surface area contributed by atoms with Crippen LogP contribution in [0.25, 0.3) is 0 Å². The van der Waals surface area contributed by atoms with Crippen molar-refractivity contribution >= 4 is 17.3 Å². The number of benzene rings is 1. The van der Waals surface area contributed by atoms with Crippen molar-refractivity contribution in [2.75, 3.05) is 27.2 Å². The van der Waals surface area contributed by atoms with E-state index in [9.17, 15) is 8.78 Å². The molecule has 148 valence electrons. The lowest BCUT2D eigenvalue weighted by atomic mass is 10.1. The first kappa shape index (κ1) is 21.2. The van der Waals surface area contributed by atoms with Crippen molar-refractivity contribution in [2.45, 2.75) is 32.9 Å². The van der Waals surface area contributed by atoms with Crippen LogP contribution in [-0.2, 0) is 17.7 Å². The van der Waals surface area contributed by atoms with E-state index in [4.69, 9.17) is 4.74 Å². The highest BCUT2D eigenvalue weighted by Crippen LogP contribution is 2.21. The van der Waals surface area contributed by atoms with Crippen molar-refractivity contribution in [3.05, 3.63) is 51.5 Å². The number of aliphatic imine (C=N–C) groups is 1. The maximum Gasteiger partial charge on any atom is 0.194 e. The fourth-order valence-electron chi connectivity index (χ4n) is 2.49. The second-order valence-corrected chi connectivity index (χ2v) is 7.00. The van der Waals surface area contributed by atoms with Gasteiger partial charge in [0.2, 0.25) is 0 Å². The summed E-state index contributed by atoms with van der Waals surface area (Å²) in [5.74, 6) is -0.929. The number of thiazole rings is 1. The molecule has 8 heteroatoms. The molecular formula is C19H26F2N4OS. The van der Waals surface area contributed by atoms with E-state index in [2.05, 4.69) is 15.3 Å². The van der Waals surface area contributed by atoms with Gasteiger partial charge in [-0.1, -0.05) is 12.1 Å². The van der Waals surface area contributed by atoms with Crippen molar-refractivity contribution in [2.24, 2.45) is 4.99 Å². The second kappa shape index (κ2) is 10.3. The molecule has 2 aromatic rings. The van der Waals surface area contributed by atoms with Crippen LogP contribution >= 0.6 is 11.3 Å². The van der Waals surface area contributed by atoms with Gasteiger partial charge in [0.05, 0.1) is 12.2 Å². The van der Waals surface area contributed by atoms with Crippen molar-refractivity contribution in [3.63, 3.8) is 0 Å². The largest absolute Gasteiger partial charge is 0.375 e. The third kappa shape index (κ3) is 5.97. The van der Waals surface area contributed by atoms with Crippen LogP contribution in [0, 0.1) is 11.6 Å². The Labute approximate surface area is 163 Å². The molecule has 0 fully saturated rings. The van der Waals surface area contributed by atoms with Gasteiger partial charge in [-0.25, -0.2) is 13.8 Å². The van der Waals surface area contributed by atoms with Gasteiger partial charge in [0.25, 0.3) is 0 Å². The Morgan fingerprint density at radius 1 is 1.41 bits per heavy atom. The van der Waals surface area contributed by atoms with E-state index >= 15 is 0 Å². The van der Waals surface area contributed by atoms with E-state index < -0.39 is 11.6 Å². The van der Waals surface area contributed by atoms with Gasteiger partial charge in [0.15, 0.2) is 17.6 Å². The van der Waals surface area contributed by atoms with Gasteiger partial charge in [0.1, 0.15) is 11.1 Å². The van der Waals surface area contributed by atoms with Crippen LogP contribution in [0.2, 0.25) is 0 Å². The summed E-state index contributed by atoms with van der Waals surface area (Å²) in [7, 11) is 3.58. The molecule has 0 aliphatic heterocycles. The number of hydrogen-bond acceptors (Lipinski definition) is 4. The lowest BCUT2D eigenvalue weighted by Gasteiger charge is -2.21. The summed E-state index contributed by atoms with van der Waals surface area (Å²) < 4.78 is 32.3. The van der Waals surface area contributed by atoms with Crippen LogP contribution in [-0.4, -0.2) is 43.1 Å². The lowest BCUT2D eigenvalue weighted by molar-refractivity contribution is 0.119. The third-order valence-electron chi connectivity index (χ3n) is 4.04. The number of rotatable bonds is 8. The van der Waals surface area contributed by atoms with Gasteiger partial charge in [0, 0.05) is 32.6 Å². The Hall–Kier alpha value is -2.06. The molecule has 5 nitrogen and oxygen atoms in total. The molecule has 1 atom stereocenters. The molecule has 0 aliphatic rings. The monoisotopic (exact) mass is 396 g/mol. The van der Waals surface area contributed by atoms with Gasteiger partial charge in [-0.3, -0.25) is 4.99 Å². The summed E-state index contributed by atoms with van der Waals surface area (Å²) in [4.78, 5) is 11.1. The molecule has 0 bridgehead atoms. The Bertz CT molecular complexity index is 766. The highest BCUT2D eigenvalue weighted by Gasteiger charge is 2.13. The molecule has 27 heavy (non-hydrogen) atoms. The Kier molecular flexibility index (Phi) is 8.12. The van der Waals surface area contributed by atoms with Crippen LogP contribution in [0.1, 0.15) is 36.2 Å². The molecular weight excluding hydrogens is 370 g/mol. The van der Waals surface area contributed by atoms with Gasteiger partial charge >= 0.3 is 0 Å². The number of nitrogens with one attached hydrogen (secondary N) is 1. The van der Waals surface area contributed by atoms with E-state index in [1.807, 2.05) is 31.2 Å². The highest BCUT2D eigenvalue weighted by atomic mass is 32.1. The average molecular weight is 397 g/mol. The van der Waals surface area contributed by atoms with E-state index in [1.165, 1.54) is 6.07 Å². The van der Waals surface area contributed by atoms with Gasteiger partial charge in [-0.15, -0.1) is 11.3 Å². The number of ether oxygens (including phenoxy) is 1. The molecule has 0 spiro atoms. The summed E-state index contributed by atoms with van der Waals surface area (Å²) in [5.41, 5.74) is 1.26. The van der Waals surface area contributed by atoms with Crippen LogP contribution in [0.15, 0.2) is 28.6 Å². The lowest BCUT2D eigenvalue weighted by Crippen LogP contribution is -2.38. The summed E-state index contributed by atoms with van der Waals surface area (Å²) in [5, 5.41) is 6.16. The van der Waals surface area contributed by atoms with Crippen LogP contribution in [0.5, 0.6) is 0 Å². The number of halogens is 2. The Morgan fingerprint density at radius 2 is 2.19 bits per heavy atom. The molecule has 1 heterocycles. The molecule has 0 aliphatic carbocycles. The predicted molar refractivity (Wildman–Crippen MR) is 105 cm³/mol. The summed E-state index contributed by atoms with van der Waals surface area (Å²) in [6.45, 7) is 5.60. The maximum absolute atomic E-state index is 13.8. The Balaban J connectivity index is 2.01. The number of aromatic nitrogens is 1. The number of methoxy groups -OCH3 is 1. The van der Waals surface area contributed by atoms with Crippen molar-refractivity contribution in [3.8, 4) is 0 Å². The van der Waals surface area contributed by atoms with E-state index in [0.29, 0.717) is 37.6 Å². The van der Waals surface area contributed by atoms with Crippen LogP contribution in [0.3, 0.4) is 0 Å². The molecule has 0 saturated carbocycles. The first-order chi connectivity index (χ1) is 13.0. The van der Waals surface area contributed by atoms with E-state index in [0.717, 1.165) is 16.8 Å². The first-order valence-corrected chi connectivity index (χ1v) is 9.73. The molecule has 1 aromatic carbocycles. The standard InChI is InChI=1S/C19H26F2N4OS/c1-5-22-19(23-10-9-14-7-6-8-16(20)17(14)21)25(3)11-15-12-27-18(24-15)13(2)26-4/h6-8,12-13H,5,9-11H2,1-4H3,(H,22,23).